The van der Waals surface area contributed by atoms with Gasteiger partial charge in [-0.25, -0.2) is 4.79 Å². The van der Waals surface area contributed by atoms with E-state index in [2.05, 4.69) is 0 Å². The average molecular weight is 422 g/mol. The van der Waals surface area contributed by atoms with Crippen LogP contribution in [0, 0.1) is 6.92 Å². The van der Waals surface area contributed by atoms with Gasteiger partial charge in [0.2, 0.25) is 0 Å². The number of aryl methyl sites for hydroxylation is 1. The highest BCUT2D eigenvalue weighted by Crippen LogP contribution is 2.27. The maximum Gasteiger partial charge on any atom is 0.338 e. The van der Waals surface area contributed by atoms with Crippen molar-refractivity contribution in [3.05, 3.63) is 65.7 Å². The van der Waals surface area contributed by atoms with Gasteiger partial charge in [-0.3, -0.25) is 4.18 Å². The number of aliphatic hydroxyl groups excluding tert-OH is 1. The number of carbonyl (C=O) groups is 1. The van der Waals surface area contributed by atoms with Crippen molar-refractivity contribution in [3.8, 4) is 0 Å². The Kier molecular flexibility index (Phi) is 6.66. The lowest BCUT2D eigenvalue weighted by atomic mass is 10.1. The van der Waals surface area contributed by atoms with Crippen LogP contribution in [0.1, 0.15) is 15.9 Å². The van der Waals surface area contributed by atoms with Crippen LogP contribution in [-0.4, -0.2) is 57.8 Å². The monoisotopic (exact) mass is 422 g/mol. The summed E-state index contributed by atoms with van der Waals surface area (Å²) in [4.78, 5) is 12.4. The molecule has 4 atom stereocenters. The lowest BCUT2D eigenvalue weighted by molar-refractivity contribution is -0.255. The highest BCUT2D eigenvalue weighted by molar-refractivity contribution is 7.86. The van der Waals surface area contributed by atoms with Crippen molar-refractivity contribution < 1.29 is 36.7 Å². The third kappa shape index (κ3) is 5.01. The summed E-state index contributed by atoms with van der Waals surface area (Å²) in [6.07, 6.45) is -5.18. The van der Waals surface area contributed by atoms with E-state index in [-0.39, 0.29) is 17.1 Å². The maximum atomic E-state index is 12.7. The SMILES string of the molecule is CO[C@H]1OC[C@H](O)[C@@H](OS(=O)(=O)c2ccc(C)cc2)[C@H]1OC(=O)c1ccccc1. The van der Waals surface area contributed by atoms with E-state index >= 15 is 0 Å². The van der Waals surface area contributed by atoms with E-state index in [0.29, 0.717) is 0 Å². The number of hydrogen-bond donors (Lipinski definition) is 1. The van der Waals surface area contributed by atoms with Gasteiger partial charge >= 0.3 is 5.97 Å². The molecule has 0 bridgehead atoms. The molecule has 9 heteroatoms. The van der Waals surface area contributed by atoms with Crippen molar-refractivity contribution in [2.45, 2.75) is 36.4 Å². The van der Waals surface area contributed by atoms with Crippen LogP contribution < -0.4 is 0 Å². The lowest BCUT2D eigenvalue weighted by Crippen LogP contribution is -2.56. The second kappa shape index (κ2) is 9.02. The van der Waals surface area contributed by atoms with E-state index in [1.54, 1.807) is 42.5 Å². The Balaban J connectivity index is 1.86. The normalized spacial score (nSPS) is 24.8. The quantitative estimate of drug-likeness (QED) is 0.553. The molecule has 29 heavy (non-hydrogen) atoms. The number of ether oxygens (including phenoxy) is 3. The molecule has 2 aromatic carbocycles. The van der Waals surface area contributed by atoms with Gasteiger partial charge in [-0.2, -0.15) is 8.42 Å². The minimum atomic E-state index is -4.24. The highest BCUT2D eigenvalue weighted by Gasteiger charge is 2.46. The van der Waals surface area contributed by atoms with Gasteiger partial charge in [-0.1, -0.05) is 35.9 Å². The second-order valence-corrected chi connectivity index (χ2v) is 8.14. The van der Waals surface area contributed by atoms with Crippen molar-refractivity contribution in [1.82, 2.24) is 0 Å². The summed E-state index contributed by atoms with van der Waals surface area (Å²) in [5.41, 5.74) is 1.13. The van der Waals surface area contributed by atoms with Gasteiger partial charge in [0.25, 0.3) is 10.1 Å². The standard InChI is InChI=1S/C20H22O8S/c1-13-8-10-15(11-9-13)29(23,24)28-17-16(21)12-26-20(25-2)18(17)27-19(22)14-6-4-3-5-7-14/h3-11,16-18,20-21H,12H2,1-2H3/t16-,17+,18+,20-/m0/s1. The fourth-order valence-electron chi connectivity index (χ4n) is 2.87. The van der Waals surface area contributed by atoms with E-state index in [9.17, 15) is 18.3 Å². The van der Waals surface area contributed by atoms with Crippen LogP contribution in [0.5, 0.6) is 0 Å². The van der Waals surface area contributed by atoms with Crippen molar-refractivity contribution >= 4 is 16.1 Å². The summed E-state index contributed by atoms with van der Waals surface area (Å²) >= 11 is 0. The van der Waals surface area contributed by atoms with Crippen molar-refractivity contribution in [2.75, 3.05) is 13.7 Å². The highest BCUT2D eigenvalue weighted by atomic mass is 32.2. The molecule has 1 heterocycles. The predicted molar refractivity (Wildman–Crippen MR) is 102 cm³/mol. The summed E-state index contributed by atoms with van der Waals surface area (Å²) in [6.45, 7) is 1.58. The van der Waals surface area contributed by atoms with Gasteiger partial charge in [0.15, 0.2) is 12.4 Å². The molecule has 1 saturated heterocycles. The Morgan fingerprint density at radius 3 is 2.34 bits per heavy atom. The number of carbonyl (C=O) groups excluding carboxylic acids is 1. The van der Waals surface area contributed by atoms with E-state index in [4.69, 9.17) is 18.4 Å². The number of methoxy groups -OCH3 is 1. The number of aliphatic hydroxyl groups is 1. The van der Waals surface area contributed by atoms with Gasteiger partial charge in [-0.15, -0.1) is 0 Å². The average Bonchev–Trinajstić information content (AvgIpc) is 2.71. The molecule has 2 aromatic rings. The molecule has 0 aromatic heterocycles. The Hall–Kier alpha value is -2.30. The molecule has 1 aliphatic heterocycles. The predicted octanol–water partition coefficient (Wildman–Crippen LogP) is 1.66. The van der Waals surface area contributed by atoms with E-state index in [1.807, 2.05) is 6.92 Å². The minimum absolute atomic E-state index is 0.0797. The molecule has 0 unspecified atom stereocenters. The minimum Gasteiger partial charge on any atom is -0.450 e. The molecule has 156 valence electrons. The molecule has 1 N–H and O–H groups in total. The van der Waals surface area contributed by atoms with Crippen molar-refractivity contribution in [3.63, 3.8) is 0 Å². The van der Waals surface area contributed by atoms with E-state index in [0.717, 1.165) is 5.56 Å². The Morgan fingerprint density at radius 2 is 1.72 bits per heavy atom. The molecule has 0 radical (unpaired) electrons. The summed E-state index contributed by atoms with van der Waals surface area (Å²) in [5.74, 6) is -0.725. The third-order valence-electron chi connectivity index (χ3n) is 4.43. The fraction of sp³-hybridized carbons (Fsp3) is 0.350. The van der Waals surface area contributed by atoms with Crippen LogP contribution in [0.15, 0.2) is 59.5 Å². The summed E-state index contributed by atoms with van der Waals surface area (Å²) < 4.78 is 46.6. The Bertz CT molecular complexity index is 927. The molecule has 3 rings (SSSR count). The van der Waals surface area contributed by atoms with Crippen molar-refractivity contribution in [1.29, 1.82) is 0 Å². The maximum absolute atomic E-state index is 12.7. The molecule has 8 nitrogen and oxygen atoms in total. The van der Waals surface area contributed by atoms with Crippen LogP contribution in [0.4, 0.5) is 0 Å². The largest absolute Gasteiger partial charge is 0.450 e. The van der Waals surface area contributed by atoms with E-state index in [1.165, 1.54) is 19.2 Å². The molecule has 1 aliphatic rings. The first kappa shape index (κ1) is 21.4. The van der Waals surface area contributed by atoms with Gasteiger partial charge in [0.05, 0.1) is 17.1 Å². The second-order valence-electron chi connectivity index (χ2n) is 6.57. The zero-order valence-corrected chi connectivity index (χ0v) is 16.7. The van der Waals surface area contributed by atoms with Crippen LogP contribution >= 0.6 is 0 Å². The molecule has 0 aliphatic carbocycles. The number of rotatable bonds is 6. The van der Waals surface area contributed by atoms with Gasteiger partial charge in [-0.05, 0) is 31.2 Å². The summed E-state index contributed by atoms with van der Waals surface area (Å²) in [6, 6.07) is 14.2. The topological polar surface area (TPSA) is 108 Å². The molecular weight excluding hydrogens is 400 g/mol. The summed E-state index contributed by atoms with van der Waals surface area (Å²) in [7, 11) is -2.92. The first-order valence-electron chi connectivity index (χ1n) is 8.90. The van der Waals surface area contributed by atoms with Gasteiger partial charge in [0, 0.05) is 7.11 Å². The van der Waals surface area contributed by atoms with E-state index < -0.39 is 40.7 Å². The van der Waals surface area contributed by atoms with Crippen LogP contribution in [0.2, 0.25) is 0 Å². The Morgan fingerprint density at radius 1 is 1.07 bits per heavy atom. The van der Waals surface area contributed by atoms with Crippen LogP contribution in [-0.2, 0) is 28.5 Å². The first-order chi connectivity index (χ1) is 13.8. The van der Waals surface area contributed by atoms with Crippen molar-refractivity contribution in [2.24, 2.45) is 0 Å². The Labute approximate surface area is 169 Å². The smallest absolute Gasteiger partial charge is 0.338 e. The lowest BCUT2D eigenvalue weighted by Gasteiger charge is -2.38. The number of benzene rings is 2. The van der Waals surface area contributed by atoms with Gasteiger partial charge in [0.1, 0.15) is 12.2 Å². The zero-order valence-electron chi connectivity index (χ0n) is 15.9. The van der Waals surface area contributed by atoms with Crippen LogP contribution in [0.3, 0.4) is 0 Å². The first-order valence-corrected chi connectivity index (χ1v) is 10.3. The molecule has 0 saturated carbocycles. The molecule has 0 amide bonds. The fourth-order valence-corrected chi connectivity index (χ4v) is 3.98. The van der Waals surface area contributed by atoms with Crippen LogP contribution in [0.25, 0.3) is 0 Å². The molecular formula is C20H22O8S. The number of esters is 1. The number of hydrogen-bond acceptors (Lipinski definition) is 8. The summed E-state index contributed by atoms with van der Waals surface area (Å²) in [5, 5.41) is 10.3. The van der Waals surface area contributed by atoms with Gasteiger partial charge < -0.3 is 19.3 Å². The third-order valence-corrected chi connectivity index (χ3v) is 5.76. The zero-order chi connectivity index (χ0) is 21.0. The molecule has 0 spiro atoms. The molecule has 1 fully saturated rings.